The SMILES string of the molecule is COc1ccc(OC2CCN(C(C)=O)CC2)c(C(=O)N2CCCC[C@H]2CCCO)c1. The molecule has 3 rings (SSSR count). The Balaban J connectivity index is 1.77. The topological polar surface area (TPSA) is 79.3 Å². The van der Waals surface area contributed by atoms with E-state index in [4.69, 9.17) is 9.47 Å². The van der Waals surface area contributed by atoms with Crippen molar-refractivity contribution in [3.63, 3.8) is 0 Å². The molecule has 0 aliphatic carbocycles. The van der Waals surface area contributed by atoms with Crippen molar-refractivity contribution in [2.75, 3.05) is 33.4 Å². The minimum Gasteiger partial charge on any atom is -0.497 e. The number of piperidine rings is 2. The van der Waals surface area contributed by atoms with Crippen LogP contribution >= 0.6 is 0 Å². The summed E-state index contributed by atoms with van der Waals surface area (Å²) in [5.41, 5.74) is 0.527. The van der Waals surface area contributed by atoms with Crippen LogP contribution in [0.4, 0.5) is 0 Å². The number of aliphatic hydroxyl groups is 1. The molecule has 2 aliphatic heterocycles. The van der Waals surface area contributed by atoms with E-state index in [0.29, 0.717) is 36.6 Å². The monoisotopic (exact) mass is 418 g/mol. The quantitative estimate of drug-likeness (QED) is 0.737. The maximum absolute atomic E-state index is 13.5. The van der Waals surface area contributed by atoms with Crippen LogP contribution in [-0.4, -0.2) is 72.2 Å². The molecule has 1 atom stereocenters. The smallest absolute Gasteiger partial charge is 0.258 e. The third kappa shape index (κ3) is 5.45. The van der Waals surface area contributed by atoms with Gasteiger partial charge in [-0.3, -0.25) is 9.59 Å². The highest BCUT2D eigenvalue weighted by molar-refractivity contribution is 5.97. The van der Waals surface area contributed by atoms with Crippen molar-refractivity contribution < 1.29 is 24.2 Å². The Hall–Kier alpha value is -2.28. The molecule has 2 heterocycles. The molecule has 0 saturated carbocycles. The normalized spacial score (nSPS) is 20.2. The number of carbonyl (C=O) groups excluding carboxylic acids is 2. The third-order valence-electron chi connectivity index (χ3n) is 6.18. The van der Waals surface area contributed by atoms with Gasteiger partial charge in [0.05, 0.1) is 12.7 Å². The van der Waals surface area contributed by atoms with E-state index in [2.05, 4.69) is 0 Å². The number of benzene rings is 1. The lowest BCUT2D eigenvalue weighted by Gasteiger charge is -2.36. The van der Waals surface area contributed by atoms with Crippen LogP contribution in [0.15, 0.2) is 18.2 Å². The Morgan fingerprint density at radius 3 is 2.57 bits per heavy atom. The standard InChI is InChI=1S/C23H34N2O5/c1-17(27)24-13-10-19(11-14-24)30-22-9-8-20(29-2)16-21(22)23(28)25-12-4-3-6-18(25)7-5-15-26/h8-9,16,18-19,26H,3-7,10-15H2,1-2H3/t18-/m0/s1. The van der Waals surface area contributed by atoms with Gasteiger partial charge in [-0.05, 0) is 50.3 Å². The van der Waals surface area contributed by atoms with Gasteiger partial charge in [0.25, 0.3) is 5.91 Å². The molecule has 2 aliphatic rings. The molecule has 2 saturated heterocycles. The highest BCUT2D eigenvalue weighted by Gasteiger charge is 2.30. The van der Waals surface area contributed by atoms with Crippen molar-refractivity contribution in [2.45, 2.75) is 64.0 Å². The molecule has 7 heteroatoms. The summed E-state index contributed by atoms with van der Waals surface area (Å²) in [6.45, 7) is 3.81. The predicted molar refractivity (Wildman–Crippen MR) is 114 cm³/mol. The summed E-state index contributed by atoms with van der Waals surface area (Å²) >= 11 is 0. The molecule has 1 aromatic carbocycles. The van der Waals surface area contributed by atoms with Crippen LogP contribution in [0.25, 0.3) is 0 Å². The minimum absolute atomic E-state index is 0.0212. The first-order valence-electron chi connectivity index (χ1n) is 11.1. The number of aliphatic hydroxyl groups excluding tert-OH is 1. The van der Waals surface area contributed by atoms with Gasteiger partial charge in [0.1, 0.15) is 17.6 Å². The third-order valence-corrected chi connectivity index (χ3v) is 6.18. The van der Waals surface area contributed by atoms with Crippen LogP contribution in [-0.2, 0) is 4.79 Å². The predicted octanol–water partition coefficient (Wildman–Crippen LogP) is 2.85. The summed E-state index contributed by atoms with van der Waals surface area (Å²) in [7, 11) is 1.59. The zero-order valence-electron chi connectivity index (χ0n) is 18.1. The second kappa shape index (κ2) is 10.7. The summed E-state index contributed by atoms with van der Waals surface area (Å²) in [6, 6.07) is 5.54. The lowest BCUT2D eigenvalue weighted by Crippen LogP contribution is -2.44. The van der Waals surface area contributed by atoms with Crippen LogP contribution in [0.1, 0.15) is 62.2 Å². The summed E-state index contributed by atoms with van der Waals surface area (Å²) < 4.78 is 11.6. The molecule has 2 fully saturated rings. The maximum Gasteiger partial charge on any atom is 0.258 e. The molecule has 2 amide bonds. The van der Waals surface area contributed by atoms with Gasteiger partial charge >= 0.3 is 0 Å². The van der Waals surface area contributed by atoms with Gasteiger partial charge in [0.15, 0.2) is 0 Å². The molecule has 0 aromatic heterocycles. The lowest BCUT2D eigenvalue weighted by atomic mass is 9.96. The Labute approximate surface area is 178 Å². The first kappa shape index (κ1) is 22.4. The van der Waals surface area contributed by atoms with E-state index in [1.807, 2.05) is 21.9 Å². The highest BCUT2D eigenvalue weighted by atomic mass is 16.5. The highest BCUT2D eigenvalue weighted by Crippen LogP contribution is 2.31. The number of likely N-dealkylation sites (tertiary alicyclic amines) is 2. The molecule has 1 N–H and O–H groups in total. The molecule has 0 unspecified atom stereocenters. The summed E-state index contributed by atoms with van der Waals surface area (Å²) in [5, 5.41) is 9.22. The Bertz CT molecular complexity index is 730. The van der Waals surface area contributed by atoms with E-state index in [0.717, 1.165) is 45.1 Å². The number of methoxy groups -OCH3 is 1. The molecule has 7 nitrogen and oxygen atoms in total. The number of hydrogen-bond donors (Lipinski definition) is 1. The number of carbonyl (C=O) groups is 2. The van der Waals surface area contributed by atoms with Gasteiger partial charge in [0, 0.05) is 52.0 Å². The Kier molecular flexibility index (Phi) is 7.96. The van der Waals surface area contributed by atoms with Gasteiger partial charge in [0.2, 0.25) is 5.91 Å². The fourth-order valence-electron chi connectivity index (χ4n) is 4.42. The van der Waals surface area contributed by atoms with Gasteiger partial charge in [-0.25, -0.2) is 0 Å². The van der Waals surface area contributed by atoms with E-state index in [1.165, 1.54) is 0 Å². The van der Waals surface area contributed by atoms with Gasteiger partial charge in [-0.1, -0.05) is 0 Å². The van der Waals surface area contributed by atoms with Crippen molar-refractivity contribution in [2.24, 2.45) is 0 Å². The average molecular weight is 419 g/mol. The maximum atomic E-state index is 13.5. The first-order chi connectivity index (χ1) is 14.5. The van der Waals surface area contributed by atoms with Crippen LogP contribution in [0, 0.1) is 0 Å². The van der Waals surface area contributed by atoms with Crippen molar-refractivity contribution in [1.29, 1.82) is 0 Å². The molecular formula is C23H34N2O5. The number of hydrogen-bond acceptors (Lipinski definition) is 5. The minimum atomic E-state index is -0.0345. The fraction of sp³-hybridized carbons (Fsp3) is 0.652. The lowest BCUT2D eigenvalue weighted by molar-refractivity contribution is -0.130. The van der Waals surface area contributed by atoms with Crippen LogP contribution in [0.3, 0.4) is 0 Å². The molecule has 1 aromatic rings. The van der Waals surface area contributed by atoms with E-state index >= 15 is 0 Å². The number of amides is 2. The van der Waals surface area contributed by atoms with Crippen LogP contribution in [0.5, 0.6) is 11.5 Å². The average Bonchev–Trinajstić information content (AvgIpc) is 2.78. The number of rotatable bonds is 7. The second-order valence-electron chi connectivity index (χ2n) is 8.20. The summed E-state index contributed by atoms with van der Waals surface area (Å²) in [6.07, 6.45) is 6.06. The van der Waals surface area contributed by atoms with Gasteiger partial charge < -0.3 is 24.4 Å². The molecule has 30 heavy (non-hydrogen) atoms. The first-order valence-corrected chi connectivity index (χ1v) is 11.1. The largest absolute Gasteiger partial charge is 0.497 e. The molecule has 0 radical (unpaired) electrons. The van der Waals surface area contributed by atoms with Gasteiger partial charge in [-0.2, -0.15) is 0 Å². The summed E-state index contributed by atoms with van der Waals surface area (Å²) in [5.74, 6) is 1.26. The second-order valence-corrected chi connectivity index (χ2v) is 8.20. The Morgan fingerprint density at radius 1 is 1.13 bits per heavy atom. The van der Waals surface area contributed by atoms with Crippen molar-refractivity contribution in [1.82, 2.24) is 9.80 Å². The summed E-state index contributed by atoms with van der Waals surface area (Å²) in [4.78, 5) is 28.9. The zero-order chi connectivity index (χ0) is 21.5. The molecule has 0 spiro atoms. The van der Waals surface area contributed by atoms with E-state index in [1.54, 1.807) is 20.1 Å². The van der Waals surface area contributed by atoms with Crippen LogP contribution < -0.4 is 9.47 Å². The van der Waals surface area contributed by atoms with Crippen molar-refractivity contribution in [3.05, 3.63) is 23.8 Å². The molecular weight excluding hydrogens is 384 g/mol. The fourth-order valence-corrected chi connectivity index (χ4v) is 4.42. The van der Waals surface area contributed by atoms with Crippen LogP contribution in [0.2, 0.25) is 0 Å². The van der Waals surface area contributed by atoms with Gasteiger partial charge in [-0.15, -0.1) is 0 Å². The van der Waals surface area contributed by atoms with Crippen molar-refractivity contribution >= 4 is 11.8 Å². The molecule has 0 bridgehead atoms. The van der Waals surface area contributed by atoms with E-state index < -0.39 is 0 Å². The number of nitrogens with zero attached hydrogens (tertiary/aromatic N) is 2. The van der Waals surface area contributed by atoms with E-state index in [9.17, 15) is 14.7 Å². The Morgan fingerprint density at radius 2 is 1.90 bits per heavy atom. The molecule has 166 valence electrons. The van der Waals surface area contributed by atoms with E-state index in [-0.39, 0.29) is 30.6 Å². The zero-order valence-corrected chi connectivity index (χ0v) is 18.1. The van der Waals surface area contributed by atoms with Crippen molar-refractivity contribution in [3.8, 4) is 11.5 Å². The number of ether oxygens (including phenoxy) is 2.